The molecule has 1 fully saturated rings. The van der Waals surface area contributed by atoms with Crippen molar-refractivity contribution in [3.05, 3.63) is 64.3 Å². The van der Waals surface area contributed by atoms with Crippen LogP contribution in [0, 0.1) is 5.82 Å². The number of piperazine rings is 1. The van der Waals surface area contributed by atoms with E-state index in [1.54, 1.807) is 25.3 Å². The number of carbonyl (C=O) groups excluding carboxylic acids is 1. The van der Waals surface area contributed by atoms with E-state index < -0.39 is 0 Å². The second-order valence-electron chi connectivity index (χ2n) is 7.43. The molecule has 0 unspecified atom stereocenters. The van der Waals surface area contributed by atoms with Crippen LogP contribution < -0.4 is 9.47 Å². The first kappa shape index (κ1) is 21.4. The number of ether oxygens (including phenoxy) is 2. The molecule has 2 aromatic rings. The summed E-state index contributed by atoms with van der Waals surface area (Å²) >= 11 is 1.41. The third-order valence-electron chi connectivity index (χ3n) is 5.18. The minimum absolute atomic E-state index is 0.213. The van der Waals surface area contributed by atoms with Crippen LogP contribution in [0.3, 0.4) is 0 Å². The number of rotatable bonds is 5. The number of halogens is 1. The summed E-state index contributed by atoms with van der Waals surface area (Å²) in [6, 6.07) is 11.7. The number of amidine groups is 1. The number of hydrogen-bond donors (Lipinski definition) is 0. The Kier molecular flexibility index (Phi) is 6.58. The summed E-state index contributed by atoms with van der Waals surface area (Å²) in [4.78, 5) is 21.7. The normalized spacial score (nSPS) is 18.4. The third-order valence-corrected chi connectivity index (χ3v) is 6.22. The van der Waals surface area contributed by atoms with Crippen LogP contribution in [0.25, 0.3) is 6.08 Å². The number of thioether (sulfide) groups is 1. The third kappa shape index (κ3) is 5.26. The van der Waals surface area contributed by atoms with Gasteiger partial charge in [-0.05, 0) is 60.3 Å². The second kappa shape index (κ2) is 9.53. The van der Waals surface area contributed by atoms with E-state index in [9.17, 15) is 9.18 Å². The zero-order chi connectivity index (χ0) is 21.8. The van der Waals surface area contributed by atoms with Gasteiger partial charge in [-0.25, -0.2) is 4.39 Å². The van der Waals surface area contributed by atoms with Crippen LogP contribution in [0.2, 0.25) is 0 Å². The molecule has 0 saturated carbocycles. The van der Waals surface area contributed by atoms with Crippen LogP contribution in [0.4, 0.5) is 4.39 Å². The molecule has 8 heteroatoms. The van der Waals surface area contributed by atoms with Crippen molar-refractivity contribution in [2.75, 3.05) is 40.3 Å². The zero-order valence-electron chi connectivity index (χ0n) is 17.5. The number of amides is 1. The summed E-state index contributed by atoms with van der Waals surface area (Å²) in [5.74, 6) is 0.646. The first-order chi connectivity index (χ1) is 15.0. The molecule has 2 aromatic carbocycles. The highest BCUT2D eigenvalue weighted by Crippen LogP contribution is 2.34. The van der Waals surface area contributed by atoms with E-state index in [-0.39, 0.29) is 11.7 Å². The van der Waals surface area contributed by atoms with Crippen molar-refractivity contribution in [3.63, 3.8) is 0 Å². The first-order valence-electron chi connectivity index (χ1n) is 10.0. The number of aliphatic imine (C=N–C) groups is 1. The summed E-state index contributed by atoms with van der Waals surface area (Å²) in [6.07, 6.45) is 1.83. The van der Waals surface area contributed by atoms with Gasteiger partial charge in [0.2, 0.25) is 0 Å². The van der Waals surface area contributed by atoms with Gasteiger partial charge in [-0.1, -0.05) is 18.2 Å². The van der Waals surface area contributed by atoms with Gasteiger partial charge in [0.15, 0.2) is 16.7 Å². The van der Waals surface area contributed by atoms with Crippen LogP contribution in [0.5, 0.6) is 11.5 Å². The maximum Gasteiger partial charge on any atom is 0.286 e. The molecule has 2 aliphatic rings. The lowest BCUT2D eigenvalue weighted by molar-refractivity contribution is -0.113. The van der Waals surface area contributed by atoms with E-state index >= 15 is 0 Å². The Balaban J connectivity index is 1.43. The predicted molar refractivity (Wildman–Crippen MR) is 121 cm³/mol. The largest absolute Gasteiger partial charge is 0.493 e. The van der Waals surface area contributed by atoms with E-state index in [0.717, 1.165) is 42.5 Å². The van der Waals surface area contributed by atoms with Gasteiger partial charge < -0.3 is 19.3 Å². The summed E-state index contributed by atoms with van der Waals surface area (Å²) < 4.78 is 24.3. The molecule has 1 saturated heterocycles. The summed E-state index contributed by atoms with van der Waals surface area (Å²) in [5, 5.41) is 0.774. The molecule has 162 valence electrons. The van der Waals surface area contributed by atoms with Crippen molar-refractivity contribution in [1.29, 1.82) is 0 Å². The second-order valence-corrected chi connectivity index (χ2v) is 8.44. The molecule has 2 aliphatic heterocycles. The number of benzene rings is 2. The van der Waals surface area contributed by atoms with Gasteiger partial charge >= 0.3 is 0 Å². The lowest BCUT2D eigenvalue weighted by atomic mass is 10.2. The van der Waals surface area contributed by atoms with Gasteiger partial charge in [0, 0.05) is 26.2 Å². The van der Waals surface area contributed by atoms with Crippen molar-refractivity contribution in [2.45, 2.75) is 6.61 Å². The number of methoxy groups -OCH3 is 1. The Morgan fingerprint density at radius 3 is 2.55 bits per heavy atom. The molecule has 0 bridgehead atoms. The highest BCUT2D eigenvalue weighted by molar-refractivity contribution is 8.18. The van der Waals surface area contributed by atoms with Gasteiger partial charge in [0.05, 0.1) is 12.0 Å². The monoisotopic (exact) mass is 441 g/mol. The average Bonchev–Trinajstić information content (AvgIpc) is 3.14. The van der Waals surface area contributed by atoms with Gasteiger partial charge in [0.1, 0.15) is 12.4 Å². The molecule has 0 spiro atoms. The molecule has 0 aliphatic carbocycles. The fourth-order valence-corrected chi connectivity index (χ4v) is 4.28. The van der Waals surface area contributed by atoms with Crippen LogP contribution in [0.1, 0.15) is 11.1 Å². The van der Waals surface area contributed by atoms with E-state index in [1.165, 1.54) is 23.9 Å². The molecule has 2 heterocycles. The van der Waals surface area contributed by atoms with Crippen LogP contribution >= 0.6 is 11.8 Å². The van der Waals surface area contributed by atoms with Crippen LogP contribution in [-0.4, -0.2) is 61.2 Å². The molecule has 31 heavy (non-hydrogen) atoms. The minimum atomic E-state index is -0.280. The van der Waals surface area contributed by atoms with E-state index in [2.05, 4.69) is 21.8 Å². The lowest BCUT2D eigenvalue weighted by Crippen LogP contribution is -2.46. The maximum absolute atomic E-state index is 13.0. The molecule has 6 nitrogen and oxygen atoms in total. The first-order valence-corrected chi connectivity index (χ1v) is 10.8. The van der Waals surface area contributed by atoms with Gasteiger partial charge in [-0.15, -0.1) is 0 Å². The molecule has 4 rings (SSSR count). The van der Waals surface area contributed by atoms with E-state index in [0.29, 0.717) is 23.0 Å². The zero-order valence-corrected chi connectivity index (χ0v) is 18.3. The molecule has 0 atom stereocenters. The smallest absolute Gasteiger partial charge is 0.286 e. The Labute approximate surface area is 185 Å². The standard InChI is InChI=1S/C23H24FN3O3S/c1-26-9-11-27(12-10-26)23-25-22(28)21(31-23)14-17-5-8-19(20(13-17)29-2)30-15-16-3-6-18(24)7-4-16/h3-8,13-14H,9-12,15H2,1-2H3. The van der Waals surface area contributed by atoms with Crippen molar-refractivity contribution in [1.82, 2.24) is 9.80 Å². The number of nitrogens with zero attached hydrogens (tertiary/aromatic N) is 3. The van der Waals surface area contributed by atoms with Gasteiger partial charge in [0.25, 0.3) is 5.91 Å². The average molecular weight is 442 g/mol. The Morgan fingerprint density at radius 1 is 1.10 bits per heavy atom. The maximum atomic E-state index is 13.0. The van der Waals surface area contributed by atoms with Crippen LogP contribution in [-0.2, 0) is 11.4 Å². The number of likely N-dealkylation sites (N-methyl/N-ethyl adjacent to an activating group) is 1. The quantitative estimate of drug-likeness (QED) is 0.661. The fraction of sp³-hybridized carbons (Fsp3) is 0.304. The summed E-state index contributed by atoms with van der Waals surface area (Å²) in [6.45, 7) is 3.97. The van der Waals surface area contributed by atoms with E-state index in [1.807, 2.05) is 18.2 Å². The Morgan fingerprint density at radius 2 is 1.84 bits per heavy atom. The lowest BCUT2D eigenvalue weighted by Gasteiger charge is -2.32. The van der Waals surface area contributed by atoms with E-state index in [4.69, 9.17) is 9.47 Å². The molecule has 1 amide bonds. The minimum Gasteiger partial charge on any atom is -0.493 e. The van der Waals surface area contributed by atoms with Gasteiger partial charge in [-0.2, -0.15) is 4.99 Å². The molecular weight excluding hydrogens is 417 g/mol. The summed E-state index contributed by atoms with van der Waals surface area (Å²) in [5.41, 5.74) is 1.69. The SMILES string of the molecule is COc1cc(C=C2SC(N3CCN(C)CC3)=NC2=O)ccc1OCc1ccc(F)cc1. The predicted octanol–water partition coefficient (Wildman–Crippen LogP) is 3.63. The molecule has 0 N–H and O–H groups in total. The van der Waals surface area contributed by atoms with Crippen molar-refractivity contribution in [2.24, 2.45) is 4.99 Å². The van der Waals surface area contributed by atoms with Crippen molar-refractivity contribution >= 4 is 28.9 Å². The fourth-order valence-electron chi connectivity index (χ4n) is 3.32. The molecule has 0 aromatic heterocycles. The number of carbonyl (C=O) groups is 1. The Bertz CT molecular complexity index is 1020. The van der Waals surface area contributed by atoms with Crippen molar-refractivity contribution in [3.8, 4) is 11.5 Å². The number of hydrogen-bond acceptors (Lipinski definition) is 6. The molecule has 0 radical (unpaired) electrons. The van der Waals surface area contributed by atoms with Gasteiger partial charge in [-0.3, -0.25) is 4.79 Å². The van der Waals surface area contributed by atoms with Crippen LogP contribution in [0.15, 0.2) is 52.4 Å². The Hall–Kier alpha value is -2.84. The highest BCUT2D eigenvalue weighted by atomic mass is 32.2. The highest BCUT2D eigenvalue weighted by Gasteiger charge is 2.27. The topological polar surface area (TPSA) is 54.4 Å². The summed E-state index contributed by atoms with van der Waals surface area (Å²) in [7, 11) is 3.67. The van der Waals surface area contributed by atoms with Crippen molar-refractivity contribution < 1.29 is 18.7 Å². The molecular formula is C23H24FN3O3S.